The van der Waals surface area contributed by atoms with Crippen molar-refractivity contribution < 1.29 is 13.9 Å². The molecule has 2 aromatic rings. The molecular formula is C16H15FN2O2. The van der Waals surface area contributed by atoms with E-state index in [1.807, 2.05) is 0 Å². The highest BCUT2D eigenvalue weighted by molar-refractivity contribution is 6.00. The first-order valence-corrected chi connectivity index (χ1v) is 6.66. The van der Waals surface area contributed by atoms with Gasteiger partial charge in [0.1, 0.15) is 11.6 Å². The van der Waals surface area contributed by atoms with Crippen LogP contribution in [0.15, 0.2) is 42.5 Å². The number of rotatable bonds is 2. The Kier molecular flexibility index (Phi) is 3.25. The van der Waals surface area contributed by atoms with E-state index in [4.69, 9.17) is 10.5 Å². The molecule has 0 radical (unpaired) electrons. The number of halogens is 1. The fraction of sp³-hybridized carbons (Fsp3) is 0.188. The molecule has 0 aromatic heterocycles. The summed E-state index contributed by atoms with van der Waals surface area (Å²) in [5.74, 6) is 0.161. The smallest absolute Gasteiger partial charge is 0.268 e. The van der Waals surface area contributed by atoms with Crippen molar-refractivity contribution >= 4 is 17.3 Å². The molecule has 108 valence electrons. The number of benzene rings is 2. The van der Waals surface area contributed by atoms with Gasteiger partial charge < -0.3 is 15.4 Å². The fourth-order valence-corrected chi connectivity index (χ4v) is 2.36. The van der Waals surface area contributed by atoms with Gasteiger partial charge in [0.15, 0.2) is 6.10 Å². The van der Waals surface area contributed by atoms with E-state index in [2.05, 4.69) is 0 Å². The van der Waals surface area contributed by atoms with Gasteiger partial charge in [-0.15, -0.1) is 0 Å². The summed E-state index contributed by atoms with van der Waals surface area (Å²) in [7, 11) is 0. The molecule has 4 nitrogen and oxygen atoms in total. The van der Waals surface area contributed by atoms with Crippen LogP contribution in [0.5, 0.6) is 5.75 Å². The van der Waals surface area contributed by atoms with Gasteiger partial charge in [0.2, 0.25) is 0 Å². The lowest BCUT2D eigenvalue weighted by molar-refractivity contribution is -0.125. The third-order valence-corrected chi connectivity index (χ3v) is 3.45. The second kappa shape index (κ2) is 5.09. The molecule has 2 N–H and O–H groups in total. The largest absolute Gasteiger partial charge is 0.479 e. The predicted octanol–water partition coefficient (Wildman–Crippen LogP) is 2.72. The van der Waals surface area contributed by atoms with Gasteiger partial charge in [0.25, 0.3) is 5.91 Å². The molecule has 1 unspecified atom stereocenters. The van der Waals surface area contributed by atoms with Gasteiger partial charge in [-0.2, -0.15) is 0 Å². The van der Waals surface area contributed by atoms with Crippen LogP contribution in [0.3, 0.4) is 0 Å². The van der Waals surface area contributed by atoms with E-state index in [1.165, 1.54) is 12.1 Å². The summed E-state index contributed by atoms with van der Waals surface area (Å²) >= 11 is 0. The molecule has 1 aliphatic heterocycles. The first-order valence-electron chi connectivity index (χ1n) is 6.66. The summed E-state index contributed by atoms with van der Waals surface area (Å²) in [6.07, 6.45) is -0.570. The van der Waals surface area contributed by atoms with Crippen molar-refractivity contribution in [3.05, 3.63) is 53.8 Å². The van der Waals surface area contributed by atoms with Crippen molar-refractivity contribution in [1.82, 2.24) is 0 Å². The SMILES string of the molecule is CC1Oc2cc(N)ccc2N(Cc2ccc(F)cc2)C1=O. The molecule has 1 aliphatic rings. The number of fused-ring (bicyclic) bond motifs is 1. The number of ether oxygens (including phenoxy) is 1. The molecule has 0 saturated carbocycles. The zero-order valence-corrected chi connectivity index (χ0v) is 11.5. The predicted molar refractivity (Wildman–Crippen MR) is 78.5 cm³/mol. The van der Waals surface area contributed by atoms with Crippen LogP contribution in [-0.4, -0.2) is 12.0 Å². The maximum Gasteiger partial charge on any atom is 0.268 e. The van der Waals surface area contributed by atoms with E-state index in [0.717, 1.165) is 5.56 Å². The van der Waals surface area contributed by atoms with E-state index in [-0.39, 0.29) is 11.7 Å². The van der Waals surface area contributed by atoms with E-state index >= 15 is 0 Å². The maximum atomic E-state index is 13.0. The molecule has 1 heterocycles. The lowest BCUT2D eigenvalue weighted by atomic mass is 10.1. The van der Waals surface area contributed by atoms with Gasteiger partial charge >= 0.3 is 0 Å². The number of amides is 1. The Bertz CT molecular complexity index is 685. The molecular weight excluding hydrogens is 271 g/mol. The van der Waals surface area contributed by atoms with Gasteiger partial charge in [0, 0.05) is 11.8 Å². The lowest BCUT2D eigenvalue weighted by Crippen LogP contribution is -2.44. The first-order chi connectivity index (χ1) is 10.0. The van der Waals surface area contributed by atoms with Crippen LogP contribution < -0.4 is 15.4 Å². The average molecular weight is 286 g/mol. The normalized spacial score (nSPS) is 17.3. The van der Waals surface area contributed by atoms with Gasteiger partial charge in [-0.05, 0) is 36.8 Å². The summed E-state index contributed by atoms with van der Waals surface area (Å²) in [4.78, 5) is 14.0. The molecule has 0 aliphatic carbocycles. The van der Waals surface area contributed by atoms with Crippen LogP contribution in [0.4, 0.5) is 15.8 Å². The second-order valence-electron chi connectivity index (χ2n) is 5.04. The number of carbonyl (C=O) groups is 1. The number of anilines is 2. The van der Waals surface area contributed by atoms with E-state index in [1.54, 1.807) is 42.2 Å². The highest BCUT2D eigenvalue weighted by Crippen LogP contribution is 2.36. The number of hydrogen-bond acceptors (Lipinski definition) is 3. The number of carbonyl (C=O) groups excluding carboxylic acids is 1. The molecule has 2 aromatic carbocycles. The van der Waals surface area contributed by atoms with Crippen LogP contribution in [0.2, 0.25) is 0 Å². The molecule has 1 atom stereocenters. The highest BCUT2D eigenvalue weighted by atomic mass is 19.1. The fourth-order valence-electron chi connectivity index (χ4n) is 2.36. The quantitative estimate of drug-likeness (QED) is 0.864. The van der Waals surface area contributed by atoms with E-state index < -0.39 is 6.10 Å². The lowest BCUT2D eigenvalue weighted by Gasteiger charge is -2.33. The Morgan fingerprint density at radius 1 is 1.24 bits per heavy atom. The summed E-state index contributed by atoms with van der Waals surface area (Å²) in [6.45, 7) is 2.07. The van der Waals surface area contributed by atoms with Crippen molar-refractivity contribution in [2.75, 3.05) is 10.6 Å². The number of nitrogens with two attached hydrogens (primary N) is 1. The van der Waals surface area contributed by atoms with E-state index in [0.29, 0.717) is 23.7 Å². The molecule has 0 saturated heterocycles. The Morgan fingerprint density at radius 3 is 2.67 bits per heavy atom. The zero-order valence-electron chi connectivity index (χ0n) is 11.5. The van der Waals surface area contributed by atoms with Gasteiger partial charge in [-0.3, -0.25) is 4.79 Å². The second-order valence-corrected chi connectivity index (χ2v) is 5.04. The van der Waals surface area contributed by atoms with Crippen molar-refractivity contribution in [3.63, 3.8) is 0 Å². The maximum absolute atomic E-state index is 13.0. The third kappa shape index (κ3) is 2.54. The molecule has 1 amide bonds. The zero-order chi connectivity index (χ0) is 15.0. The number of nitrogens with zero attached hydrogens (tertiary/aromatic N) is 1. The topological polar surface area (TPSA) is 55.6 Å². The summed E-state index contributed by atoms with van der Waals surface area (Å²) in [5, 5.41) is 0. The van der Waals surface area contributed by atoms with Gasteiger partial charge in [0.05, 0.1) is 12.2 Å². The van der Waals surface area contributed by atoms with Crippen LogP contribution in [-0.2, 0) is 11.3 Å². The molecule has 0 spiro atoms. The number of hydrogen-bond donors (Lipinski definition) is 1. The first kappa shape index (κ1) is 13.4. The highest BCUT2D eigenvalue weighted by Gasteiger charge is 2.31. The van der Waals surface area contributed by atoms with Crippen molar-refractivity contribution in [2.24, 2.45) is 0 Å². The average Bonchev–Trinajstić information content (AvgIpc) is 2.46. The molecule has 5 heteroatoms. The van der Waals surface area contributed by atoms with Crippen molar-refractivity contribution in [3.8, 4) is 5.75 Å². The summed E-state index contributed by atoms with van der Waals surface area (Å²) < 4.78 is 18.6. The minimum Gasteiger partial charge on any atom is -0.479 e. The van der Waals surface area contributed by atoms with E-state index in [9.17, 15) is 9.18 Å². The van der Waals surface area contributed by atoms with Crippen LogP contribution >= 0.6 is 0 Å². The molecule has 3 rings (SSSR count). The molecule has 0 bridgehead atoms. The monoisotopic (exact) mass is 286 g/mol. The van der Waals surface area contributed by atoms with Crippen molar-refractivity contribution in [1.29, 1.82) is 0 Å². The van der Waals surface area contributed by atoms with Crippen LogP contribution in [0.25, 0.3) is 0 Å². The van der Waals surface area contributed by atoms with Crippen molar-refractivity contribution in [2.45, 2.75) is 19.6 Å². The van der Waals surface area contributed by atoms with Gasteiger partial charge in [-0.1, -0.05) is 12.1 Å². The minimum atomic E-state index is -0.570. The van der Waals surface area contributed by atoms with Gasteiger partial charge in [-0.25, -0.2) is 4.39 Å². The minimum absolute atomic E-state index is 0.128. The standard InChI is InChI=1S/C16H15FN2O2/c1-10-16(20)19(9-11-2-4-12(17)5-3-11)14-7-6-13(18)8-15(14)21-10/h2-8,10H,9,18H2,1H3. The third-order valence-electron chi connectivity index (χ3n) is 3.45. The Morgan fingerprint density at radius 2 is 1.95 bits per heavy atom. The number of nitrogen functional groups attached to an aromatic ring is 1. The summed E-state index contributed by atoms with van der Waals surface area (Å²) in [5.41, 5.74) is 7.86. The Labute approximate surface area is 121 Å². The van der Waals surface area contributed by atoms with Crippen LogP contribution in [0, 0.1) is 5.82 Å². The summed E-state index contributed by atoms with van der Waals surface area (Å²) in [6, 6.07) is 11.3. The Hall–Kier alpha value is -2.56. The molecule has 0 fully saturated rings. The Balaban J connectivity index is 1.96. The molecule has 21 heavy (non-hydrogen) atoms. The van der Waals surface area contributed by atoms with Crippen LogP contribution in [0.1, 0.15) is 12.5 Å².